The summed E-state index contributed by atoms with van der Waals surface area (Å²) in [4.78, 5) is 17.7. The van der Waals surface area contributed by atoms with E-state index in [1.807, 2.05) is 0 Å². The Bertz CT molecular complexity index is 148. The second-order valence-electron chi connectivity index (χ2n) is 1.49. The van der Waals surface area contributed by atoms with E-state index in [9.17, 15) is 20.2 Å². The third kappa shape index (κ3) is 0.941. The van der Waals surface area contributed by atoms with Crippen LogP contribution in [0.1, 0.15) is 0 Å². The van der Waals surface area contributed by atoms with Crippen LogP contribution >= 0.6 is 0 Å². The second-order valence-corrected chi connectivity index (χ2v) is 1.49. The highest BCUT2D eigenvalue weighted by atomic mass is 16.8. The fourth-order valence-electron chi connectivity index (χ4n) is 0.405. The summed E-state index contributed by atoms with van der Waals surface area (Å²) in [6.07, 6.45) is -2.83. The fraction of sp³-hybridized carbons (Fsp3) is 1.00. The van der Waals surface area contributed by atoms with Crippen LogP contribution in [-0.4, -0.2) is 22.3 Å². The van der Waals surface area contributed by atoms with Crippen LogP contribution in [0.4, 0.5) is 0 Å². The summed E-state index contributed by atoms with van der Waals surface area (Å²) >= 11 is 0. The van der Waals surface area contributed by atoms with Crippen molar-refractivity contribution in [2.45, 2.75) is 12.5 Å². The molecule has 1 aliphatic rings. The zero-order valence-electron chi connectivity index (χ0n) is 4.09. The molecule has 2 unspecified atom stereocenters. The van der Waals surface area contributed by atoms with Crippen molar-refractivity contribution in [1.82, 2.24) is 0 Å². The largest absolute Gasteiger partial charge is 0.415 e. The van der Waals surface area contributed by atoms with Crippen molar-refractivity contribution in [2.24, 2.45) is 0 Å². The molecule has 0 N–H and O–H groups in total. The number of epoxide rings is 1. The molecule has 0 spiro atoms. The van der Waals surface area contributed by atoms with Gasteiger partial charge in [0.15, 0.2) is 0 Å². The van der Waals surface area contributed by atoms with E-state index in [2.05, 4.69) is 4.74 Å². The smallest absolute Gasteiger partial charge is 0.261 e. The number of hydrogen-bond acceptors (Lipinski definition) is 5. The molecule has 1 aliphatic heterocycles. The van der Waals surface area contributed by atoms with Crippen molar-refractivity contribution in [2.75, 3.05) is 0 Å². The number of nitrogens with zero attached hydrogens (tertiary/aromatic N) is 2. The van der Waals surface area contributed by atoms with Gasteiger partial charge in [0, 0.05) is 0 Å². The average molecular weight is 134 g/mol. The first kappa shape index (κ1) is 5.89. The molecule has 1 heterocycles. The third-order valence-electron chi connectivity index (χ3n) is 0.862. The van der Waals surface area contributed by atoms with Crippen molar-refractivity contribution in [3.05, 3.63) is 20.2 Å². The minimum atomic E-state index is -1.42. The van der Waals surface area contributed by atoms with Gasteiger partial charge in [-0.25, -0.2) is 4.74 Å². The monoisotopic (exact) mass is 134 g/mol. The molecular weight excluding hydrogens is 132 g/mol. The van der Waals surface area contributed by atoms with Crippen molar-refractivity contribution < 1.29 is 14.6 Å². The van der Waals surface area contributed by atoms with Gasteiger partial charge < -0.3 is 0 Å². The molecule has 7 nitrogen and oxygen atoms in total. The Morgan fingerprint density at radius 2 is 1.44 bits per heavy atom. The fourth-order valence-corrected chi connectivity index (χ4v) is 0.405. The van der Waals surface area contributed by atoms with Crippen LogP contribution in [0.2, 0.25) is 0 Å². The molecule has 0 aromatic heterocycles. The molecule has 9 heavy (non-hydrogen) atoms. The highest BCUT2D eigenvalue weighted by Crippen LogP contribution is 2.21. The summed E-state index contributed by atoms with van der Waals surface area (Å²) in [6.45, 7) is 0. The van der Waals surface area contributed by atoms with Crippen LogP contribution in [0.5, 0.6) is 0 Å². The number of ether oxygens (including phenoxy) is 1. The molecule has 0 amide bonds. The third-order valence-corrected chi connectivity index (χ3v) is 0.862. The van der Waals surface area contributed by atoms with Crippen LogP contribution in [0.3, 0.4) is 0 Å². The molecule has 7 heteroatoms. The SMILES string of the molecule is O=[N+]([O-])C1OC1[N+](=O)[O-]. The lowest BCUT2D eigenvalue weighted by atomic mass is 10.7. The topological polar surface area (TPSA) is 98.8 Å². The van der Waals surface area contributed by atoms with Gasteiger partial charge in [-0.05, 0) is 0 Å². The van der Waals surface area contributed by atoms with E-state index >= 15 is 0 Å². The van der Waals surface area contributed by atoms with E-state index in [-0.39, 0.29) is 0 Å². The predicted molar refractivity (Wildman–Crippen MR) is 22.6 cm³/mol. The molecule has 1 rings (SSSR count). The minimum absolute atomic E-state index is 0.826. The van der Waals surface area contributed by atoms with Crippen molar-refractivity contribution in [3.63, 3.8) is 0 Å². The minimum Gasteiger partial charge on any atom is -0.261 e. The molecule has 0 radical (unpaired) electrons. The predicted octanol–water partition coefficient (Wildman–Crippen LogP) is -0.778. The Balaban J connectivity index is 2.42. The first-order chi connectivity index (χ1) is 4.13. The Morgan fingerprint density at radius 1 is 1.11 bits per heavy atom. The Morgan fingerprint density at radius 3 is 1.56 bits per heavy atom. The van der Waals surface area contributed by atoms with Crippen LogP contribution < -0.4 is 0 Å². The Hall–Kier alpha value is -1.24. The van der Waals surface area contributed by atoms with Crippen molar-refractivity contribution in [3.8, 4) is 0 Å². The Labute approximate surface area is 48.5 Å². The van der Waals surface area contributed by atoms with E-state index in [1.54, 1.807) is 0 Å². The zero-order valence-corrected chi connectivity index (χ0v) is 4.09. The summed E-state index contributed by atoms with van der Waals surface area (Å²) in [5.74, 6) is 0. The molecular formula is C2H2N2O5. The zero-order chi connectivity index (χ0) is 7.02. The second kappa shape index (κ2) is 1.62. The molecule has 1 saturated heterocycles. The molecule has 0 saturated carbocycles. The van der Waals surface area contributed by atoms with Gasteiger partial charge in [-0.1, -0.05) is 0 Å². The van der Waals surface area contributed by atoms with E-state index in [1.165, 1.54) is 0 Å². The summed E-state index contributed by atoms with van der Waals surface area (Å²) in [5.41, 5.74) is 0. The summed E-state index contributed by atoms with van der Waals surface area (Å²) in [6, 6.07) is 0. The van der Waals surface area contributed by atoms with Crippen LogP contribution in [0.15, 0.2) is 0 Å². The molecule has 0 aliphatic carbocycles. The van der Waals surface area contributed by atoms with Crippen LogP contribution in [0.25, 0.3) is 0 Å². The number of rotatable bonds is 2. The van der Waals surface area contributed by atoms with E-state index in [4.69, 9.17) is 0 Å². The standard InChI is InChI=1S/C2H2N2O5/c5-3(6)1-2(9-1)4(7)8/h1-2H. The van der Waals surface area contributed by atoms with Gasteiger partial charge in [0.05, 0.1) is 9.85 Å². The lowest BCUT2D eigenvalue weighted by molar-refractivity contribution is -0.558. The van der Waals surface area contributed by atoms with Crippen LogP contribution in [-0.2, 0) is 4.74 Å². The molecule has 1 fully saturated rings. The maximum absolute atomic E-state index is 9.65. The first-order valence-corrected chi connectivity index (χ1v) is 2.05. The summed E-state index contributed by atoms with van der Waals surface area (Å²) in [5, 5.41) is 19.3. The molecule has 0 bridgehead atoms. The maximum Gasteiger partial charge on any atom is 0.415 e. The highest BCUT2D eigenvalue weighted by molar-refractivity contribution is 4.62. The summed E-state index contributed by atoms with van der Waals surface area (Å²) < 4.78 is 4.04. The van der Waals surface area contributed by atoms with Gasteiger partial charge in [0.2, 0.25) is 0 Å². The van der Waals surface area contributed by atoms with Gasteiger partial charge in [0.25, 0.3) is 0 Å². The number of nitro groups is 2. The van der Waals surface area contributed by atoms with E-state index < -0.39 is 22.3 Å². The average Bonchev–Trinajstić information content (AvgIpc) is 2.39. The lowest BCUT2D eigenvalue weighted by Crippen LogP contribution is -2.12. The van der Waals surface area contributed by atoms with Crippen molar-refractivity contribution in [1.29, 1.82) is 0 Å². The van der Waals surface area contributed by atoms with Gasteiger partial charge in [-0.2, -0.15) is 0 Å². The molecule has 50 valence electrons. The normalized spacial score (nSPS) is 31.6. The van der Waals surface area contributed by atoms with Gasteiger partial charge in [-0.3, -0.25) is 20.2 Å². The van der Waals surface area contributed by atoms with Gasteiger partial charge in [0.1, 0.15) is 0 Å². The Kier molecular flexibility index (Phi) is 1.06. The molecule has 2 atom stereocenters. The number of hydrogen-bond donors (Lipinski definition) is 0. The van der Waals surface area contributed by atoms with Crippen LogP contribution in [0, 0.1) is 20.2 Å². The quantitative estimate of drug-likeness (QED) is 0.280. The van der Waals surface area contributed by atoms with Crippen molar-refractivity contribution >= 4 is 0 Å². The summed E-state index contributed by atoms with van der Waals surface area (Å²) in [7, 11) is 0. The molecule has 0 aromatic rings. The van der Waals surface area contributed by atoms with E-state index in [0.717, 1.165) is 0 Å². The molecule has 0 aromatic carbocycles. The van der Waals surface area contributed by atoms with E-state index in [0.29, 0.717) is 0 Å². The van der Waals surface area contributed by atoms with Gasteiger partial charge >= 0.3 is 12.5 Å². The maximum atomic E-state index is 9.65. The lowest BCUT2D eigenvalue weighted by Gasteiger charge is -1.77. The van der Waals surface area contributed by atoms with Gasteiger partial charge in [-0.15, -0.1) is 0 Å². The first-order valence-electron chi connectivity index (χ1n) is 2.05. The highest BCUT2D eigenvalue weighted by Gasteiger charge is 2.61.